The van der Waals surface area contributed by atoms with Crippen molar-refractivity contribution >= 4 is 56.1 Å². The highest BCUT2D eigenvalue weighted by atomic mass is 79.9. The van der Waals surface area contributed by atoms with Crippen molar-refractivity contribution in [2.24, 2.45) is 5.73 Å². The van der Waals surface area contributed by atoms with Gasteiger partial charge >= 0.3 is 0 Å². The highest BCUT2D eigenvalue weighted by Gasteiger charge is 2.09. The molecular formula is C14H12BrClN2S. The molecule has 2 rings (SSSR count). The van der Waals surface area contributed by atoms with Gasteiger partial charge in [-0.25, -0.2) is 0 Å². The van der Waals surface area contributed by atoms with E-state index in [1.54, 1.807) is 0 Å². The Morgan fingerprint density at radius 3 is 2.68 bits per heavy atom. The van der Waals surface area contributed by atoms with Crippen molar-refractivity contribution in [1.82, 2.24) is 0 Å². The van der Waals surface area contributed by atoms with Gasteiger partial charge in [0, 0.05) is 15.1 Å². The number of nitrogens with one attached hydrogen (secondary N) is 1. The van der Waals surface area contributed by atoms with Gasteiger partial charge in [-0.1, -0.05) is 36.0 Å². The third-order valence-electron chi connectivity index (χ3n) is 2.73. The zero-order valence-corrected chi connectivity index (χ0v) is 13.4. The molecule has 2 aromatic rings. The van der Waals surface area contributed by atoms with E-state index in [2.05, 4.69) is 21.2 Å². The molecule has 3 N–H and O–H groups in total. The quantitative estimate of drug-likeness (QED) is 0.778. The number of benzene rings is 2. The summed E-state index contributed by atoms with van der Waals surface area (Å²) in [5.74, 6) is 0. The normalized spacial score (nSPS) is 10.3. The molecule has 0 fully saturated rings. The van der Waals surface area contributed by atoms with Crippen LogP contribution in [0.1, 0.15) is 11.1 Å². The first-order valence-corrected chi connectivity index (χ1v) is 7.18. The van der Waals surface area contributed by atoms with Gasteiger partial charge in [0.1, 0.15) is 4.99 Å². The van der Waals surface area contributed by atoms with Gasteiger partial charge in [-0.3, -0.25) is 0 Å². The number of halogens is 2. The number of hydrogen-bond acceptors (Lipinski definition) is 2. The van der Waals surface area contributed by atoms with E-state index in [0.717, 1.165) is 27.0 Å². The second-order valence-corrected chi connectivity index (χ2v) is 5.84. The summed E-state index contributed by atoms with van der Waals surface area (Å²) in [6, 6.07) is 11.4. The van der Waals surface area contributed by atoms with Gasteiger partial charge in [0.2, 0.25) is 0 Å². The molecule has 0 aliphatic carbocycles. The number of para-hydroxylation sites is 1. The maximum Gasteiger partial charge on any atom is 0.106 e. The molecule has 0 saturated heterocycles. The fraction of sp³-hybridized carbons (Fsp3) is 0.0714. The van der Waals surface area contributed by atoms with E-state index in [1.807, 2.05) is 43.3 Å². The Balaban J connectivity index is 2.46. The number of hydrogen-bond donors (Lipinski definition) is 2. The van der Waals surface area contributed by atoms with Crippen LogP contribution in [0, 0.1) is 6.92 Å². The third-order valence-corrected chi connectivity index (χ3v) is 3.84. The van der Waals surface area contributed by atoms with E-state index in [9.17, 15) is 0 Å². The van der Waals surface area contributed by atoms with Crippen molar-refractivity contribution in [2.45, 2.75) is 6.92 Å². The summed E-state index contributed by atoms with van der Waals surface area (Å²) in [6.07, 6.45) is 0. The molecule has 0 unspecified atom stereocenters. The maximum atomic E-state index is 5.93. The maximum absolute atomic E-state index is 5.93. The lowest BCUT2D eigenvalue weighted by molar-refractivity contribution is 1.41. The summed E-state index contributed by atoms with van der Waals surface area (Å²) in [7, 11) is 0. The van der Waals surface area contributed by atoms with Crippen LogP contribution in [0.2, 0.25) is 5.02 Å². The van der Waals surface area contributed by atoms with E-state index >= 15 is 0 Å². The zero-order valence-electron chi connectivity index (χ0n) is 10.2. The lowest BCUT2D eigenvalue weighted by atomic mass is 10.1. The molecule has 0 radical (unpaired) electrons. The van der Waals surface area contributed by atoms with Crippen molar-refractivity contribution in [3.05, 3.63) is 57.0 Å². The van der Waals surface area contributed by atoms with Gasteiger partial charge in [0.05, 0.1) is 11.4 Å². The van der Waals surface area contributed by atoms with Crippen molar-refractivity contribution < 1.29 is 0 Å². The van der Waals surface area contributed by atoms with Gasteiger partial charge in [0.25, 0.3) is 0 Å². The lowest BCUT2D eigenvalue weighted by Crippen LogP contribution is -2.12. The molecular weight excluding hydrogens is 344 g/mol. The number of thiocarbonyl (C=S) groups is 1. The fourth-order valence-corrected chi connectivity index (χ4v) is 2.72. The average molecular weight is 356 g/mol. The number of anilines is 2. The summed E-state index contributed by atoms with van der Waals surface area (Å²) in [6.45, 7) is 2.01. The molecule has 0 aliphatic rings. The van der Waals surface area contributed by atoms with Crippen molar-refractivity contribution in [2.75, 3.05) is 5.32 Å². The molecule has 2 aromatic carbocycles. The van der Waals surface area contributed by atoms with Crippen LogP contribution in [0.5, 0.6) is 0 Å². The van der Waals surface area contributed by atoms with Gasteiger partial charge in [0.15, 0.2) is 0 Å². The largest absolute Gasteiger partial charge is 0.389 e. The Bertz CT molecular complexity index is 643. The monoisotopic (exact) mass is 354 g/mol. The highest BCUT2D eigenvalue weighted by molar-refractivity contribution is 9.10. The number of aryl methyl sites for hydroxylation is 1. The minimum absolute atomic E-state index is 0.372. The Labute approximate surface area is 131 Å². The summed E-state index contributed by atoms with van der Waals surface area (Å²) in [5, 5.41) is 4.02. The van der Waals surface area contributed by atoms with E-state index in [1.165, 1.54) is 0 Å². The van der Waals surface area contributed by atoms with Crippen LogP contribution in [0.3, 0.4) is 0 Å². The van der Waals surface area contributed by atoms with Crippen LogP contribution in [0.25, 0.3) is 0 Å². The minimum atomic E-state index is 0.372. The van der Waals surface area contributed by atoms with Gasteiger partial charge in [-0.2, -0.15) is 0 Å². The third kappa shape index (κ3) is 3.26. The predicted octanol–water partition coefficient (Wildman–Crippen LogP) is 4.79. The molecule has 0 bridgehead atoms. The summed E-state index contributed by atoms with van der Waals surface area (Å²) >= 11 is 14.5. The Morgan fingerprint density at radius 1 is 1.32 bits per heavy atom. The van der Waals surface area contributed by atoms with E-state index < -0.39 is 0 Å². The molecule has 0 saturated carbocycles. The Kier molecular flexibility index (Phi) is 4.45. The van der Waals surface area contributed by atoms with E-state index in [4.69, 9.17) is 29.6 Å². The molecule has 0 aliphatic heterocycles. The highest BCUT2D eigenvalue weighted by Crippen LogP contribution is 2.31. The average Bonchev–Trinajstić information content (AvgIpc) is 2.34. The molecule has 0 spiro atoms. The van der Waals surface area contributed by atoms with Crippen molar-refractivity contribution in [1.29, 1.82) is 0 Å². The van der Waals surface area contributed by atoms with E-state index in [-0.39, 0.29) is 0 Å². The van der Waals surface area contributed by atoms with Crippen molar-refractivity contribution in [3.63, 3.8) is 0 Å². The first-order valence-electron chi connectivity index (χ1n) is 5.60. The van der Waals surface area contributed by atoms with Gasteiger partial charge < -0.3 is 11.1 Å². The van der Waals surface area contributed by atoms with Gasteiger partial charge in [-0.05, 0) is 52.7 Å². The van der Waals surface area contributed by atoms with Crippen LogP contribution in [-0.2, 0) is 0 Å². The van der Waals surface area contributed by atoms with Crippen LogP contribution < -0.4 is 11.1 Å². The number of nitrogens with two attached hydrogens (primary N) is 1. The van der Waals surface area contributed by atoms with Crippen molar-refractivity contribution in [3.8, 4) is 0 Å². The Morgan fingerprint density at radius 2 is 2.05 bits per heavy atom. The molecule has 0 atom stereocenters. The van der Waals surface area contributed by atoms with Gasteiger partial charge in [-0.15, -0.1) is 0 Å². The lowest BCUT2D eigenvalue weighted by Gasteiger charge is -2.15. The topological polar surface area (TPSA) is 38.0 Å². The second kappa shape index (κ2) is 5.90. The zero-order chi connectivity index (χ0) is 14.0. The molecule has 19 heavy (non-hydrogen) atoms. The van der Waals surface area contributed by atoms with Crippen LogP contribution >= 0.6 is 39.7 Å². The molecule has 2 nitrogen and oxygen atoms in total. The fourth-order valence-electron chi connectivity index (χ4n) is 1.76. The summed E-state index contributed by atoms with van der Waals surface area (Å²) < 4.78 is 0.886. The predicted molar refractivity (Wildman–Crippen MR) is 89.5 cm³/mol. The first-order chi connectivity index (χ1) is 8.99. The molecule has 98 valence electrons. The standard InChI is InChI=1S/C14H12BrClN2S/c1-8-3-2-4-10(14(17)19)13(8)18-12-6-5-9(16)7-11(12)15/h2-7,18H,1H3,(H2,17,19). The Hall–Kier alpha value is -1.10. The molecule has 0 amide bonds. The van der Waals surface area contributed by atoms with Crippen LogP contribution in [-0.4, -0.2) is 4.99 Å². The van der Waals surface area contributed by atoms with Crippen LogP contribution in [0.4, 0.5) is 11.4 Å². The van der Waals surface area contributed by atoms with E-state index in [0.29, 0.717) is 10.0 Å². The molecule has 0 aromatic heterocycles. The number of rotatable bonds is 3. The molecule has 0 heterocycles. The van der Waals surface area contributed by atoms with Crippen LogP contribution in [0.15, 0.2) is 40.9 Å². The summed E-state index contributed by atoms with van der Waals surface area (Å²) in [4.78, 5) is 0.372. The molecule has 5 heteroatoms. The SMILES string of the molecule is Cc1cccc(C(N)=S)c1Nc1ccc(Cl)cc1Br. The first kappa shape index (κ1) is 14.3. The second-order valence-electron chi connectivity index (χ2n) is 4.11. The minimum Gasteiger partial charge on any atom is -0.389 e. The smallest absolute Gasteiger partial charge is 0.106 e. The summed E-state index contributed by atoms with van der Waals surface area (Å²) in [5.41, 5.74) is 9.49.